The van der Waals surface area contributed by atoms with Crippen molar-refractivity contribution in [3.63, 3.8) is 0 Å². The van der Waals surface area contributed by atoms with Crippen molar-refractivity contribution >= 4 is 0 Å². The van der Waals surface area contributed by atoms with Gasteiger partial charge in [-0.1, -0.05) is 162 Å². The summed E-state index contributed by atoms with van der Waals surface area (Å²) in [6, 6.07) is 0. The minimum atomic E-state index is 0.912. The molecule has 0 amide bonds. The molecule has 0 nitrogen and oxygen atoms in total. The fraction of sp³-hybridized carbons (Fsp3) is 1.00. The number of hydrogen-bond acceptors (Lipinski definition) is 0. The van der Waals surface area contributed by atoms with E-state index in [4.69, 9.17) is 0 Å². The zero-order valence-corrected chi connectivity index (χ0v) is 44.0. The lowest BCUT2D eigenvalue weighted by Crippen LogP contribution is -2.39. The topological polar surface area (TPSA) is 0 Å². The zero-order chi connectivity index (χ0) is 44.0. The molecule has 0 aromatic heterocycles. The van der Waals surface area contributed by atoms with Crippen LogP contribution in [0.15, 0.2) is 0 Å². The summed E-state index contributed by atoms with van der Waals surface area (Å²) in [7, 11) is 0. The van der Waals surface area contributed by atoms with Gasteiger partial charge in [0.05, 0.1) is 0 Å². The molecule has 0 unspecified atom stereocenters. The van der Waals surface area contributed by atoms with E-state index in [0.29, 0.717) is 0 Å². The molecule has 0 spiro atoms. The minimum absolute atomic E-state index is 0.912. The molecule has 352 valence electrons. The molecular formula is C60H112. The van der Waals surface area contributed by atoms with E-state index in [9.17, 15) is 0 Å². The van der Waals surface area contributed by atoms with Gasteiger partial charge in [-0.2, -0.15) is 0 Å². The molecule has 20 atom stereocenters. The first kappa shape index (κ1) is 51.0. The third kappa shape index (κ3) is 13.1. The molecule has 0 saturated heterocycles. The Morgan fingerprint density at radius 3 is 0.567 bits per heavy atom. The molecule has 0 radical (unpaired) electrons. The standard InChI is InChI=1S/4C15H28/c4*1-10(2)13-8-6-12(4)14-7-5-11(3)9-15(13)14/h4*10-15H,5-9H2,1-4H3/t11-,12+,13+,14+,15+;11-,12+,13-,14-,15-;11-,12-,13+,14+,15+;11-,12-,13-,14-,15-/m1010/s1. The molecule has 0 aliphatic heterocycles. The third-order valence-electron chi connectivity index (χ3n) is 21.2. The lowest BCUT2D eigenvalue weighted by atomic mass is 9.57. The Morgan fingerprint density at radius 1 is 0.217 bits per heavy atom. The fourth-order valence-corrected chi connectivity index (χ4v) is 17.4. The molecule has 0 heterocycles. The van der Waals surface area contributed by atoms with Crippen LogP contribution in [0, 0.1) is 142 Å². The number of rotatable bonds is 4. The van der Waals surface area contributed by atoms with Crippen LogP contribution in [-0.2, 0) is 0 Å². The molecule has 60 heavy (non-hydrogen) atoms. The molecule has 8 aliphatic carbocycles. The first-order valence-corrected chi connectivity index (χ1v) is 28.4. The second kappa shape index (κ2) is 23.4. The van der Waals surface area contributed by atoms with Gasteiger partial charge in [0.25, 0.3) is 0 Å². The average Bonchev–Trinajstić information content (AvgIpc) is 3.18. The quantitative estimate of drug-likeness (QED) is 0.265. The second-order valence-electron chi connectivity index (χ2n) is 26.8. The van der Waals surface area contributed by atoms with Crippen LogP contribution in [0.3, 0.4) is 0 Å². The van der Waals surface area contributed by atoms with Gasteiger partial charge in [0.1, 0.15) is 0 Å². The van der Waals surface area contributed by atoms with Crippen LogP contribution >= 0.6 is 0 Å². The predicted molar refractivity (Wildman–Crippen MR) is 267 cm³/mol. The summed E-state index contributed by atoms with van der Waals surface area (Å²) in [4.78, 5) is 0. The van der Waals surface area contributed by atoms with Crippen molar-refractivity contribution in [3.8, 4) is 0 Å². The van der Waals surface area contributed by atoms with Gasteiger partial charge in [0.15, 0.2) is 0 Å². The highest BCUT2D eigenvalue weighted by Crippen LogP contribution is 2.53. The van der Waals surface area contributed by atoms with Crippen LogP contribution in [0.25, 0.3) is 0 Å². The van der Waals surface area contributed by atoms with Crippen molar-refractivity contribution in [2.45, 2.75) is 239 Å². The highest BCUT2D eigenvalue weighted by molar-refractivity contribution is 4.94. The molecule has 8 saturated carbocycles. The van der Waals surface area contributed by atoms with Gasteiger partial charge in [-0.3, -0.25) is 0 Å². The summed E-state index contributed by atoms with van der Waals surface area (Å²) in [6.07, 6.45) is 30.2. The van der Waals surface area contributed by atoms with Gasteiger partial charge < -0.3 is 0 Å². The molecule has 8 aliphatic rings. The Balaban J connectivity index is 0.000000152. The summed E-state index contributed by atoms with van der Waals surface area (Å²) in [6.45, 7) is 39.4. The van der Waals surface area contributed by atoms with E-state index in [2.05, 4.69) is 111 Å². The second-order valence-corrected chi connectivity index (χ2v) is 26.8. The summed E-state index contributed by atoms with van der Waals surface area (Å²) < 4.78 is 0. The molecular weight excluding hydrogens is 721 g/mol. The molecule has 0 aromatic carbocycles. The summed E-state index contributed by atoms with van der Waals surface area (Å²) in [5.41, 5.74) is 0. The Morgan fingerprint density at radius 2 is 0.400 bits per heavy atom. The van der Waals surface area contributed by atoms with E-state index in [1.54, 1.807) is 0 Å². The number of fused-ring (bicyclic) bond motifs is 4. The predicted octanol–water partition coefficient (Wildman–Crippen LogP) is 19.0. The maximum atomic E-state index is 2.50. The lowest BCUT2D eigenvalue weighted by Gasteiger charge is -2.48. The van der Waals surface area contributed by atoms with Gasteiger partial charge in [-0.15, -0.1) is 0 Å². The molecule has 0 bridgehead atoms. The highest BCUT2D eigenvalue weighted by Gasteiger charge is 2.44. The normalized spacial score (nSPS) is 46.6. The van der Waals surface area contributed by atoms with E-state index in [-0.39, 0.29) is 0 Å². The minimum Gasteiger partial charge on any atom is -0.0625 e. The van der Waals surface area contributed by atoms with Gasteiger partial charge in [-0.25, -0.2) is 0 Å². The van der Waals surface area contributed by atoms with Crippen molar-refractivity contribution in [2.75, 3.05) is 0 Å². The summed E-state index contributed by atoms with van der Waals surface area (Å²) >= 11 is 0. The first-order valence-electron chi connectivity index (χ1n) is 28.4. The van der Waals surface area contributed by atoms with E-state index in [0.717, 1.165) is 142 Å². The van der Waals surface area contributed by atoms with Crippen LogP contribution in [-0.4, -0.2) is 0 Å². The van der Waals surface area contributed by atoms with Crippen molar-refractivity contribution in [1.82, 2.24) is 0 Å². The molecule has 0 heteroatoms. The Labute approximate surface area is 379 Å². The van der Waals surface area contributed by atoms with E-state index < -0.39 is 0 Å². The molecule has 8 fully saturated rings. The fourth-order valence-electron chi connectivity index (χ4n) is 17.4. The Kier molecular flexibility index (Phi) is 19.9. The molecule has 8 rings (SSSR count). The molecule has 0 aromatic rings. The van der Waals surface area contributed by atoms with Gasteiger partial charge in [0, 0.05) is 0 Å². The molecule has 0 N–H and O–H groups in total. The van der Waals surface area contributed by atoms with E-state index in [1.807, 2.05) is 0 Å². The van der Waals surface area contributed by atoms with Gasteiger partial charge in [0.2, 0.25) is 0 Å². The average molecular weight is 834 g/mol. The Hall–Kier alpha value is 0. The summed E-state index contributed by atoms with van der Waals surface area (Å²) in [5.74, 6) is 24.4. The summed E-state index contributed by atoms with van der Waals surface area (Å²) in [5, 5.41) is 0. The van der Waals surface area contributed by atoms with Crippen molar-refractivity contribution in [1.29, 1.82) is 0 Å². The maximum absolute atomic E-state index is 2.50. The van der Waals surface area contributed by atoms with E-state index >= 15 is 0 Å². The highest BCUT2D eigenvalue weighted by atomic mass is 14.5. The Bertz CT molecular complexity index is 992. The lowest BCUT2D eigenvalue weighted by molar-refractivity contribution is 0.0182. The maximum Gasteiger partial charge on any atom is -0.0350 e. The van der Waals surface area contributed by atoms with Crippen LogP contribution in [0.4, 0.5) is 0 Å². The van der Waals surface area contributed by atoms with E-state index in [1.165, 1.54) is 128 Å². The largest absolute Gasteiger partial charge is 0.0625 e. The SMILES string of the molecule is CC(C)[C@@H]1CC[C@@H](C)[C@@H]2CC[C@@H](C)C[C@H]21.CC(C)[C@@H]1CC[C@@H](C)[C@@H]2CC[C@H](C)C[C@H]21.CC(C)[C@@H]1CC[C@H](C)[C@@H]2CC[C@@H](C)C[C@H]21.CC(C)[C@@H]1CC[C@H](C)[C@@H]2CC[C@H](C)C[C@H]21. The van der Waals surface area contributed by atoms with Gasteiger partial charge >= 0.3 is 0 Å². The zero-order valence-electron chi connectivity index (χ0n) is 44.0. The van der Waals surface area contributed by atoms with Crippen LogP contribution in [0.5, 0.6) is 0 Å². The van der Waals surface area contributed by atoms with Crippen molar-refractivity contribution in [2.24, 2.45) is 142 Å². The van der Waals surface area contributed by atoms with Gasteiger partial charge in [-0.05, 0) is 219 Å². The van der Waals surface area contributed by atoms with Crippen LogP contribution in [0.2, 0.25) is 0 Å². The van der Waals surface area contributed by atoms with Crippen molar-refractivity contribution < 1.29 is 0 Å². The van der Waals surface area contributed by atoms with Crippen LogP contribution in [0.1, 0.15) is 239 Å². The van der Waals surface area contributed by atoms with Crippen molar-refractivity contribution in [3.05, 3.63) is 0 Å². The number of hydrogen-bond donors (Lipinski definition) is 0. The third-order valence-corrected chi connectivity index (χ3v) is 21.2. The van der Waals surface area contributed by atoms with Crippen LogP contribution < -0.4 is 0 Å². The monoisotopic (exact) mass is 833 g/mol. The smallest absolute Gasteiger partial charge is 0.0350 e. The first-order chi connectivity index (χ1) is 28.4.